The number of likely N-dealkylation sites (N-methyl/N-ethyl adjacent to an activating group) is 1. The number of thioether (sulfide) groups is 1. The van der Waals surface area contributed by atoms with Gasteiger partial charge in [0.25, 0.3) is 0 Å². The Labute approximate surface area is 93.5 Å². The van der Waals surface area contributed by atoms with E-state index in [2.05, 4.69) is 34.5 Å². The third-order valence-corrected chi connectivity index (χ3v) is 4.98. The third-order valence-electron chi connectivity index (χ3n) is 2.66. The van der Waals surface area contributed by atoms with Gasteiger partial charge in [-0.15, -0.1) is 11.3 Å². The molecular formula is C10H16N2S2. The molecule has 2 unspecified atom stereocenters. The Bertz CT molecular complexity index is 255. The first kappa shape index (κ1) is 10.5. The molecule has 2 nitrogen and oxygen atoms in total. The summed E-state index contributed by atoms with van der Waals surface area (Å²) in [4.78, 5) is 4.34. The predicted octanol–water partition coefficient (Wildman–Crippen LogP) is 2.17. The predicted molar refractivity (Wildman–Crippen MR) is 64.1 cm³/mol. The van der Waals surface area contributed by atoms with Gasteiger partial charge in [0.1, 0.15) is 0 Å². The van der Waals surface area contributed by atoms with E-state index in [-0.39, 0.29) is 0 Å². The summed E-state index contributed by atoms with van der Waals surface area (Å²) in [7, 11) is 2.07. The summed E-state index contributed by atoms with van der Waals surface area (Å²) >= 11 is 3.88. The molecule has 0 spiro atoms. The molecule has 4 heteroatoms. The van der Waals surface area contributed by atoms with E-state index in [4.69, 9.17) is 0 Å². The summed E-state index contributed by atoms with van der Waals surface area (Å²) < 4.78 is 0. The molecule has 0 aromatic carbocycles. The van der Waals surface area contributed by atoms with Crippen molar-refractivity contribution < 1.29 is 0 Å². The molecule has 2 rings (SSSR count). The fraction of sp³-hybridized carbons (Fsp3) is 0.700. The standard InChI is InChI=1S/C10H16N2S2/c1-11-8(9-3-2-5-13-9)7-10-12-4-6-14-10/h4,6,8-9,11H,2-3,5,7H2,1H3. The van der Waals surface area contributed by atoms with Gasteiger partial charge in [0.15, 0.2) is 0 Å². The Morgan fingerprint density at radius 1 is 1.71 bits per heavy atom. The molecule has 1 aliphatic rings. The lowest BCUT2D eigenvalue weighted by atomic mass is 10.1. The van der Waals surface area contributed by atoms with Crippen LogP contribution in [0.25, 0.3) is 0 Å². The van der Waals surface area contributed by atoms with Crippen LogP contribution in [0.1, 0.15) is 17.8 Å². The van der Waals surface area contributed by atoms with Gasteiger partial charge in [0.2, 0.25) is 0 Å². The van der Waals surface area contributed by atoms with Crippen LogP contribution in [0.4, 0.5) is 0 Å². The van der Waals surface area contributed by atoms with Gasteiger partial charge in [-0.2, -0.15) is 11.8 Å². The molecule has 1 aromatic heterocycles. The molecule has 1 aliphatic heterocycles. The highest BCUT2D eigenvalue weighted by Gasteiger charge is 2.24. The number of aromatic nitrogens is 1. The zero-order valence-electron chi connectivity index (χ0n) is 8.40. The molecule has 0 saturated carbocycles. The molecule has 14 heavy (non-hydrogen) atoms. The van der Waals surface area contributed by atoms with Gasteiger partial charge in [-0.3, -0.25) is 0 Å². The van der Waals surface area contributed by atoms with Crippen molar-refractivity contribution >= 4 is 23.1 Å². The van der Waals surface area contributed by atoms with Crippen LogP contribution in [0.15, 0.2) is 11.6 Å². The van der Waals surface area contributed by atoms with E-state index in [0.29, 0.717) is 6.04 Å². The third kappa shape index (κ3) is 2.49. The summed E-state index contributed by atoms with van der Waals surface area (Å²) in [6.07, 6.45) is 5.73. The average molecular weight is 228 g/mol. The van der Waals surface area contributed by atoms with Gasteiger partial charge in [-0.25, -0.2) is 4.98 Å². The molecule has 1 saturated heterocycles. The van der Waals surface area contributed by atoms with Crippen LogP contribution in [-0.4, -0.2) is 29.1 Å². The highest BCUT2D eigenvalue weighted by molar-refractivity contribution is 8.00. The first-order chi connectivity index (χ1) is 6.90. The van der Waals surface area contributed by atoms with Crippen LogP contribution in [0.2, 0.25) is 0 Å². The number of nitrogens with zero attached hydrogens (tertiary/aromatic N) is 1. The molecular weight excluding hydrogens is 212 g/mol. The molecule has 0 bridgehead atoms. The van der Waals surface area contributed by atoms with Crippen molar-refractivity contribution in [3.8, 4) is 0 Å². The average Bonchev–Trinajstić information content (AvgIpc) is 2.86. The molecule has 2 heterocycles. The highest BCUT2D eigenvalue weighted by atomic mass is 32.2. The van der Waals surface area contributed by atoms with Crippen LogP contribution < -0.4 is 5.32 Å². The topological polar surface area (TPSA) is 24.9 Å². The number of nitrogens with one attached hydrogen (secondary N) is 1. The maximum absolute atomic E-state index is 4.34. The Morgan fingerprint density at radius 3 is 3.21 bits per heavy atom. The van der Waals surface area contributed by atoms with E-state index in [1.807, 2.05) is 6.20 Å². The van der Waals surface area contributed by atoms with Crippen molar-refractivity contribution in [1.82, 2.24) is 10.3 Å². The van der Waals surface area contributed by atoms with Gasteiger partial charge < -0.3 is 5.32 Å². The van der Waals surface area contributed by atoms with Gasteiger partial charge in [-0.05, 0) is 25.6 Å². The fourth-order valence-electron chi connectivity index (χ4n) is 1.88. The van der Waals surface area contributed by atoms with Crippen LogP contribution in [0.5, 0.6) is 0 Å². The van der Waals surface area contributed by atoms with Crippen LogP contribution in [0, 0.1) is 0 Å². The van der Waals surface area contributed by atoms with E-state index in [0.717, 1.165) is 11.7 Å². The van der Waals surface area contributed by atoms with Crippen molar-refractivity contribution in [3.05, 3.63) is 16.6 Å². The zero-order valence-corrected chi connectivity index (χ0v) is 10.0. The minimum absolute atomic E-state index is 0.605. The van der Waals surface area contributed by atoms with Crippen molar-refractivity contribution in [2.45, 2.75) is 30.6 Å². The molecule has 0 aliphatic carbocycles. The van der Waals surface area contributed by atoms with Crippen molar-refractivity contribution in [1.29, 1.82) is 0 Å². The van der Waals surface area contributed by atoms with Gasteiger partial charge >= 0.3 is 0 Å². The maximum atomic E-state index is 4.34. The second-order valence-corrected chi connectivity index (χ2v) is 5.90. The molecule has 2 atom stereocenters. The van der Waals surface area contributed by atoms with E-state index in [9.17, 15) is 0 Å². The SMILES string of the molecule is CNC(Cc1nccs1)C1CCCS1. The normalized spacial score (nSPS) is 23.9. The summed E-state index contributed by atoms with van der Waals surface area (Å²) in [5.41, 5.74) is 0. The lowest BCUT2D eigenvalue weighted by Gasteiger charge is -2.20. The van der Waals surface area contributed by atoms with Gasteiger partial charge in [0, 0.05) is 29.3 Å². The number of hydrogen-bond acceptors (Lipinski definition) is 4. The molecule has 1 fully saturated rings. The summed E-state index contributed by atoms with van der Waals surface area (Å²) in [6, 6.07) is 0.605. The first-order valence-electron chi connectivity index (χ1n) is 5.07. The molecule has 0 radical (unpaired) electrons. The summed E-state index contributed by atoms with van der Waals surface area (Å²) in [6.45, 7) is 0. The van der Waals surface area contributed by atoms with Gasteiger partial charge in [-0.1, -0.05) is 0 Å². The molecule has 1 aromatic rings. The van der Waals surface area contributed by atoms with Crippen molar-refractivity contribution in [2.24, 2.45) is 0 Å². The van der Waals surface area contributed by atoms with E-state index >= 15 is 0 Å². The summed E-state index contributed by atoms with van der Waals surface area (Å²) in [5.74, 6) is 1.33. The molecule has 78 valence electrons. The summed E-state index contributed by atoms with van der Waals surface area (Å²) in [5, 5.41) is 7.54. The second-order valence-electron chi connectivity index (χ2n) is 3.58. The number of rotatable bonds is 4. The minimum Gasteiger partial charge on any atom is -0.315 e. The highest BCUT2D eigenvalue weighted by Crippen LogP contribution is 2.30. The van der Waals surface area contributed by atoms with Gasteiger partial charge in [0.05, 0.1) is 5.01 Å². The Kier molecular flexibility index (Phi) is 3.84. The molecule has 1 N–H and O–H groups in total. The number of thiazole rings is 1. The Morgan fingerprint density at radius 2 is 2.64 bits per heavy atom. The second kappa shape index (κ2) is 5.14. The maximum Gasteiger partial charge on any atom is 0.0940 e. The Hall–Kier alpha value is -0.0600. The smallest absolute Gasteiger partial charge is 0.0940 e. The van der Waals surface area contributed by atoms with Crippen LogP contribution in [0.3, 0.4) is 0 Å². The lowest BCUT2D eigenvalue weighted by Crippen LogP contribution is -2.36. The fourth-order valence-corrected chi connectivity index (χ4v) is 3.99. The van der Waals surface area contributed by atoms with E-state index in [1.165, 1.54) is 23.6 Å². The van der Waals surface area contributed by atoms with E-state index < -0.39 is 0 Å². The Balaban J connectivity index is 1.92. The first-order valence-corrected chi connectivity index (χ1v) is 7.00. The quantitative estimate of drug-likeness (QED) is 0.855. The number of hydrogen-bond donors (Lipinski definition) is 1. The lowest BCUT2D eigenvalue weighted by molar-refractivity contribution is 0.523. The largest absolute Gasteiger partial charge is 0.315 e. The zero-order chi connectivity index (χ0) is 9.80. The minimum atomic E-state index is 0.605. The van der Waals surface area contributed by atoms with Crippen LogP contribution >= 0.6 is 23.1 Å². The van der Waals surface area contributed by atoms with Crippen molar-refractivity contribution in [3.63, 3.8) is 0 Å². The molecule has 0 amide bonds. The van der Waals surface area contributed by atoms with Crippen molar-refractivity contribution in [2.75, 3.05) is 12.8 Å². The van der Waals surface area contributed by atoms with Crippen LogP contribution in [-0.2, 0) is 6.42 Å². The monoisotopic (exact) mass is 228 g/mol. The van der Waals surface area contributed by atoms with E-state index in [1.54, 1.807) is 11.3 Å².